The molecule has 2 heterocycles. The Hall–Kier alpha value is -1.22. The molecule has 1 N–H and O–H groups in total. The van der Waals surface area contributed by atoms with E-state index in [1.807, 2.05) is 6.92 Å². The van der Waals surface area contributed by atoms with Gasteiger partial charge < -0.3 is 5.32 Å². The van der Waals surface area contributed by atoms with Gasteiger partial charge in [0, 0.05) is 32.7 Å². The van der Waals surface area contributed by atoms with E-state index in [2.05, 4.69) is 5.32 Å². The summed E-state index contributed by atoms with van der Waals surface area (Å²) >= 11 is 1.09. The minimum atomic E-state index is -3.48. The van der Waals surface area contributed by atoms with Gasteiger partial charge in [-0.25, -0.2) is 8.42 Å². The number of hydrogen-bond acceptors (Lipinski definition) is 5. The van der Waals surface area contributed by atoms with E-state index in [4.69, 9.17) is 0 Å². The summed E-state index contributed by atoms with van der Waals surface area (Å²) in [5.74, 6) is 0. The second-order valence-corrected chi connectivity index (χ2v) is 7.83. The van der Waals surface area contributed by atoms with Gasteiger partial charge in [0.05, 0.1) is 15.1 Å². The third-order valence-corrected chi connectivity index (χ3v) is 6.51. The molecule has 0 spiro atoms. The zero-order valence-electron chi connectivity index (χ0n) is 11.7. The van der Waals surface area contributed by atoms with Crippen LogP contribution in [0.1, 0.15) is 6.92 Å². The van der Waals surface area contributed by atoms with Crippen LogP contribution in [0.2, 0.25) is 0 Å². The summed E-state index contributed by atoms with van der Waals surface area (Å²) in [6.07, 6.45) is 0. The first-order valence-electron chi connectivity index (χ1n) is 6.88. The first kappa shape index (κ1) is 14.7. The van der Waals surface area contributed by atoms with Gasteiger partial charge in [0.2, 0.25) is 10.0 Å². The third-order valence-electron chi connectivity index (χ3n) is 3.67. The summed E-state index contributed by atoms with van der Waals surface area (Å²) in [6, 6.07) is 4.94. The van der Waals surface area contributed by atoms with Crippen molar-refractivity contribution >= 4 is 31.6 Å². The fourth-order valence-electron chi connectivity index (χ4n) is 2.54. The summed E-state index contributed by atoms with van der Waals surface area (Å²) in [7, 11) is -3.48. The van der Waals surface area contributed by atoms with Crippen molar-refractivity contribution in [2.24, 2.45) is 0 Å². The van der Waals surface area contributed by atoms with Crippen LogP contribution < -0.4 is 10.2 Å². The molecular weight excluding hydrogens is 310 g/mol. The molecule has 3 rings (SSSR count). The largest absolute Gasteiger partial charge is 0.314 e. The van der Waals surface area contributed by atoms with Crippen molar-refractivity contribution in [3.63, 3.8) is 0 Å². The van der Waals surface area contributed by atoms with Crippen LogP contribution in [0.4, 0.5) is 0 Å². The molecular formula is C13H17N3O3S2. The topological polar surface area (TPSA) is 71.4 Å². The monoisotopic (exact) mass is 327 g/mol. The predicted octanol–water partition coefficient (Wildman–Crippen LogP) is 0.677. The van der Waals surface area contributed by atoms with Gasteiger partial charge in [-0.2, -0.15) is 4.31 Å². The Morgan fingerprint density at radius 1 is 1.29 bits per heavy atom. The van der Waals surface area contributed by atoms with Crippen molar-refractivity contribution in [1.29, 1.82) is 0 Å². The standard InChI is InChI=1S/C13H17N3O3S2/c1-2-16-11-4-3-10(9-12(11)20-13(16)17)21(18,19)15-7-5-14-6-8-15/h3-4,9,14H,2,5-8H2,1H3. The van der Waals surface area contributed by atoms with Gasteiger partial charge >= 0.3 is 4.87 Å². The number of piperazine rings is 1. The van der Waals surface area contributed by atoms with Gasteiger partial charge in [-0.3, -0.25) is 9.36 Å². The lowest BCUT2D eigenvalue weighted by Gasteiger charge is -2.26. The lowest BCUT2D eigenvalue weighted by atomic mass is 10.3. The number of aryl methyl sites for hydroxylation is 1. The van der Waals surface area contributed by atoms with Crippen molar-refractivity contribution < 1.29 is 8.42 Å². The molecule has 8 heteroatoms. The van der Waals surface area contributed by atoms with Crippen LogP contribution in [0.15, 0.2) is 27.9 Å². The van der Waals surface area contributed by atoms with Crippen LogP contribution in [-0.2, 0) is 16.6 Å². The molecule has 1 aliphatic rings. The molecule has 0 radical (unpaired) electrons. The highest BCUT2D eigenvalue weighted by atomic mass is 32.2. The van der Waals surface area contributed by atoms with E-state index in [0.717, 1.165) is 21.6 Å². The van der Waals surface area contributed by atoms with Crippen molar-refractivity contribution in [3.8, 4) is 0 Å². The quantitative estimate of drug-likeness (QED) is 0.900. The number of fused-ring (bicyclic) bond motifs is 1. The Morgan fingerprint density at radius 2 is 2.00 bits per heavy atom. The van der Waals surface area contributed by atoms with Gasteiger partial charge in [0.25, 0.3) is 0 Å². The van der Waals surface area contributed by atoms with Crippen LogP contribution >= 0.6 is 11.3 Å². The summed E-state index contributed by atoms with van der Waals surface area (Å²) in [6.45, 7) is 4.78. The molecule has 1 aromatic carbocycles. The molecule has 114 valence electrons. The van der Waals surface area contributed by atoms with E-state index in [1.54, 1.807) is 22.8 Å². The zero-order chi connectivity index (χ0) is 15.0. The highest BCUT2D eigenvalue weighted by molar-refractivity contribution is 7.89. The number of thiazole rings is 1. The Bertz CT molecular complexity index is 817. The van der Waals surface area contributed by atoms with Gasteiger partial charge in [0.15, 0.2) is 0 Å². The normalized spacial score (nSPS) is 17.4. The number of nitrogens with one attached hydrogen (secondary N) is 1. The molecule has 1 aromatic heterocycles. The minimum absolute atomic E-state index is 0.0516. The molecule has 0 saturated carbocycles. The maximum atomic E-state index is 12.6. The fourth-order valence-corrected chi connectivity index (χ4v) is 5.08. The van der Waals surface area contributed by atoms with Crippen LogP contribution in [-0.4, -0.2) is 43.5 Å². The Labute approximate surface area is 127 Å². The number of rotatable bonds is 3. The maximum Gasteiger partial charge on any atom is 0.308 e. The molecule has 1 saturated heterocycles. The molecule has 21 heavy (non-hydrogen) atoms. The van der Waals surface area contributed by atoms with E-state index in [1.165, 1.54) is 4.31 Å². The number of nitrogens with zero attached hydrogens (tertiary/aromatic N) is 2. The Balaban J connectivity index is 2.06. The van der Waals surface area contributed by atoms with E-state index in [0.29, 0.717) is 32.7 Å². The second-order valence-electron chi connectivity index (χ2n) is 4.90. The highest BCUT2D eigenvalue weighted by Crippen LogP contribution is 2.24. The first-order chi connectivity index (χ1) is 10.0. The lowest BCUT2D eigenvalue weighted by Crippen LogP contribution is -2.46. The summed E-state index contributed by atoms with van der Waals surface area (Å²) in [4.78, 5) is 12.1. The van der Waals surface area contributed by atoms with Gasteiger partial charge in [-0.05, 0) is 25.1 Å². The van der Waals surface area contributed by atoms with E-state index in [-0.39, 0.29) is 9.77 Å². The predicted molar refractivity (Wildman–Crippen MR) is 83.4 cm³/mol. The van der Waals surface area contributed by atoms with Crippen molar-refractivity contribution in [2.45, 2.75) is 18.4 Å². The van der Waals surface area contributed by atoms with Crippen LogP contribution in [0.5, 0.6) is 0 Å². The average Bonchev–Trinajstić information content (AvgIpc) is 2.82. The van der Waals surface area contributed by atoms with E-state index >= 15 is 0 Å². The van der Waals surface area contributed by atoms with Crippen LogP contribution in [0, 0.1) is 0 Å². The third kappa shape index (κ3) is 2.52. The molecule has 2 aromatic rings. The molecule has 0 atom stereocenters. The molecule has 0 unspecified atom stereocenters. The second kappa shape index (κ2) is 5.53. The number of benzene rings is 1. The maximum absolute atomic E-state index is 12.6. The van der Waals surface area contributed by atoms with Gasteiger partial charge in [-0.15, -0.1) is 0 Å². The van der Waals surface area contributed by atoms with Crippen LogP contribution in [0.3, 0.4) is 0 Å². The van der Waals surface area contributed by atoms with Gasteiger partial charge in [-0.1, -0.05) is 11.3 Å². The molecule has 0 bridgehead atoms. The highest BCUT2D eigenvalue weighted by Gasteiger charge is 2.26. The van der Waals surface area contributed by atoms with E-state index in [9.17, 15) is 13.2 Å². The number of aromatic nitrogens is 1. The molecule has 0 aliphatic carbocycles. The fraction of sp³-hybridized carbons (Fsp3) is 0.462. The van der Waals surface area contributed by atoms with Gasteiger partial charge in [0.1, 0.15) is 0 Å². The summed E-state index contributed by atoms with van der Waals surface area (Å²) in [5, 5.41) is 3.14. The van der Waals surface area contributed by atoms with Crippen molar-refractivity contribution in [3.05, 3.63) is 27.9 Å². The Kier molecular flexibility index (Phi) is 3.87. The summed E-state index contributed by atoms with van der Waals surface area (Å²) < 4.78 is 29.1. The molecule has 0 amide bonds. The van der Waals surface area contributed by atoms with E-state index < -0.39 is 10.0 Å². The number of sulfonamides is 1. The molecule has 1 fully saturated rings. The van der Waals surface area contributed by atoms with Crippen molar-refractivity contribution in [1.82, 2.24) is 14.2 Å². The van der Waals surface area contributed by atoms with Crippen LogP contribution in [0.25, 0.3) is 10.2 Å². The number of hydrogen-bond donors (Lipinski definition) is 1. The molecule has 6 nitrogen and oxygen atoms in total. The molecule has 1 aliphatic heterocycles. The zero-order valence-corrected chi connectivity index (χ0v) is 13.3. The minimum Gasteiger partial charge on any atom is -0.314 e. The average molecular weight is 327 g/mol. The SMILES string of the molecule is CCn1c(=O)sc2cc(S(=O)(=O)N3CCNCC3)ccc21. The lowest BCUT2D eigenvalue weighted by molar-refractivity contribution is 0.360. The first-order valence-corrected chi connectivity index (χ1v) is 9.14. The summed E-state index contributed by atoms with van der Waals surface area (Å²) in [5.41, 5.74) is 0.798. The van der Waals surface area contributed by atoms with Crippen molar-refractivity contribution in [2.75, 3.05) is 26.2 Å². The Morgan fingerprint density at radius 3 is 2.67 bits per heavy atom. The smallest absolute Gasteiger partial charge is 0.308 e.